The highest BCUT2D eigenvalue weighted by Crippen LogP contribution is 2.22. The van der Waals surface area contributed by atoms with E-state index < -0.39 is 0 Å². The van der Waals surface area contributed by atoms with E-state index in [0.717, 1.165) is 70.0 Å². The first-order valence-electron chi connectivity index (χ1n) is 12.0. The van der Waals surface area contributed by atoms with Crippen LogP contribution in [0.1, 0.15) is 35.9 Å². The number of para-hydroxylation sites is 1. The van der Waals surface area contributed by atoms with Crippen molar-refractivity contribution in [3.63, 3.8) is 0 Å². The van der Waals surface area contributed by atoms with Gasteiger partial charge in [-0.3, -0.25) is 4.90 Å². The fourth-order valence-corrected chi connectivity index (χ4v) is 4.61. The van der Waals surface area contributed by atoms with Crippen molar-refractivity contribution in [1.82, 2.24) is 20.0 Å². The molecule has 1 aliphatic rings. The van der Waals surface area contributed by atoms with Gasteiger partial charge in [0, 0.05) is 57.2 Å². The Labute approximate surface area is 193 Å². The Bertz CT molecular complexity index is 987. The first-order chi connectivity index (χ1) is 15.6. The molecule has 5 heteroatoms. The number of hydrogen-bond acceptors (Lipinski definition) is 4. The number of aromatic nitrogens is 2. The maximum absolute atomic E-state index is 4.88. The van der Waals surface area contributed by atoms with Crippen LogP contribution in [0.4, 0.5) is 5.69 Å². The van der Waals surface area contributed by atoms with Gasteiger partial charge in [0.05, 0.1) is 11.4 Å². The van der Waals surface area contributed by atoms with E-state index >= 15 is 0 Å². The molecule has 0 radical (unpaired) electrons. The van der Waals surface area contributed by atoms with Crippen LogP contribution in [0, 0.1) is 13.8 Å². The number of benzene rings is 2. The van der Waals surface area contributed by atoms with Crippen LogP contribution in [-0.4, -0.2) is 53.9 Å². The Morgan fingerprint density at radius 1 is 0.938 bits per heavy atom. The second-order valence-electron chi connectivity index (χ2n) is 8.92. The first-order valence-corrected chi connectivity index (χ1v) is 12.0. The molecule has 5 nitrogen and oxygen atoms in total. The summed E-state index contributed by atoms with van der Waals surface area (Å²) in [6.07, 6.45) is 2.17. The molecule has 1 aromatic heterocycles. The molecule has 4 rings (SSSR count). The van der Waals surface area contributed by atoms with E-state index in [4.69, 9.17) is 5.10 Å². The standard InChI is InChI=1S/C27H37N5/c1-4-8-26-20-24(29-32(26)25-9-6-5-7-10-25)21-28-13-14-30-15-17-31(18-16-30)27-12-11-22(2)19-23(27)3/h5-7,9-12,19-20,28H,4,8,13-18,21H2,1-3H3. The van der Waals surface area contributed by atoms with E-state index in [1.54, 1.807) is 0 Å². The lowest BCUT2D eigenvalue weighted by molar-refractivity contribution is 0.257. The molecule has 0 saturated carbocycles. The van der Waals surface area contributed by atoms with E-state index in [2.05, 4.69) is 95.2 Å². The van der Waals surface area contributed by atoms with Gasteiger partial charge in [0.1, 0.15) is 0 Å². The molecule has 1 fully saturated rings. The van der Waals surface area contributed by atoms with Gasteiger partial charge in [-0.2, -0.15) is 5.10 Å². The van der Waals surface area contributed by atoms with Gasteiger partial charge in [-0.25, -0.2) is 4.68 Å². The predicted octanol–water partition coefficient (Wildman–Crippen LogP) is 4.35. The summed E-state index contributed by atoms with van der Waals surface area (Å²) in [5.41, 5.74) is 7.67. The van der Waals surface area contributed by atoms with E-state index in [9.17, 15) is 0 Å². The molecule has 0 bridgehead atoms. The second kappa shape index (κ2) is 10.8. The number of aryl methyl sites for hydroxylation is 3. The minimum absolute atomic E-state index is 0.819. The van der Waals surface area contributed by atoms with Crippen LogP contribution in [-0.2, 0) is 13.0 Å². The number of nitrogens with one attached hydrogen (secondary N) is 1. The van der Waals surface area contributed by atoms with Gasteiger partial charge in [-0.05, 0) is 50.1 Å². The van der Waals surface area contributed by atoms with Crippen LogP contribution in [0.25, 0.3) is 5.69 Å². The zero-order valence-electron chi connectivity index (χ0n) is 19.8. The normalized spacial score (nSPS) is 14.8. The number of rotatable bonds is 9. The lowest BCUT2D eigenvalue weighted by Gasteiger charge is -2.37. The molecule has 0 aliphatic carbocycles. The average molecular weight is 432 g/mol. The van der Waals surface area contributed by atoms with Gasteiger partial charge in [0.15, 0.2) is 0 Å². The molecule has 32 heavy (non-hydrogen) atoms. The van der Waals surface area contributed by atoms with Crippen LogP contribution in [0.3, 0.4) is 0 Å². The molecular weight excluding hydrogens is 394 g/mol. The molecule has 2 heterocycles. The maximum atomic E-state index is 4.88. The van der Waals surface area contributed by atoms with E-state index in [0.29, 0.717) is 0 Å². The lowest BCUT2D eigenvalue weighted by atomic mass is 10.1. The Balaban J connectivity index is 1.24. The Morgan fingerprint density at radius 3 is 2.44 bits per heavy atom. The smallest absolute Gasteiger partial charge is 0.0769 e. The van der Waals surface area contributed by atoms with Crippen molar-refractivity contribution in [3.05, 3.63) is 77.1 Å². The molecule has 2 aromatic carbocycles. The third-order valence-electron chi connectivity index (χ3n) is 6.32. The van der Waals surface area contributed by atoms with Gasteiger partial charge in [0.2, 0.25) is 0 Å². The maximum Gasteiger partial charge on any atom is 0.0769 e. The van der Waals surface area contributed by atoms with E-state index in [1.165, 1.54) is 22.5 Å². The third kappa shape index (κ3) is 5.59. The highest BCUT2D eigenvalue weighted by Gasteiger charge is 2.18. The van der Waals surface area contributed by atoms with Crippen LogP contribution >= 0.6 is 0 Å². The van der Waals surface area contributed by atoms with Crippen LogP contribution in [0.2, 0.25) is 0 Å². The monoisotopic (exact) mass is 431 g/mol. The van der Waals surface area contributed by atoms with Gasteiger partial charge in [0.25, 0.3) is 0 Å². The summed E-state index contributed by atoms with van der Waals surface area (Å²) < 4.78 is 2.10. The summed E-state index contributed by atoms with van der Waals surface area (Å²) in [5, 5.41) is 8.49. The summed E-state index contributed by atoms with van der Waals surface area (Å²) in [6.45, 7) is 14.0. The highest BCUT2D eigenvalue weighted by molar-refractivity contribution is 5.54. The van der Waals surface area contributed by atoms with Gasteiger partial charge < -0.3 is 10.2 Å². The van der Waals surface area contributed by atoms with Crippen molar-refractivity contribution in [1.29, 1.82) is 0 Å². The summed E-state index contributed by atoms with van der Waals surface area (Å²) in [4.78, 5) is 5.10. The zero-order valence-corrected chi connectivity index (χ0v) is 19.8. The zero-order chi connectivity index (χ0) is 22.3. The second-order valence-corrected chi connectivity index (χ2v) is 8.92. The van der Waals surface area contributed by atoms with Crippen LogP contribution in [0.5, 0.6) is 0 Å². The Hall–Kier alpha value is -2.63. The summed E-state index contributed by atoms with van der Waals surface area (Å²) in [5.74, 6) is 0. The molecule has 1 saturated heterocycles. The molecule has 0 spiro atoms. The van der Waals surface area contributed by atoms with Crippen molar-refractivity contribution >= 4 is 5.69 Å². The number of nitrogens with zero attached hydrogens (tertiary/aromatic N) is 4. The van der Waals surface area contributed by atoms with Crippen molar-refractivity contribution in [2.75, 3.05) is 44.2 Å². The van der Waals surface area contributed by atoms with Crippen molar-refractivity contribution in [3.8, 4) is 5.69 Å². The average Bonchev–Trinajstić information content (AvgIpc) is 3.21. The lowest BCUT2D eigenvalue weighted by Crippen LogP contribution is -2.48. The molecule has 0 atom stereocenters. The van der Waals surface area contributed by atoms with Gasteiger partial charge in [-0.1, -0.05) is 49.2 Å². The minimum Gasteiger partial charge on any atom is -0.369 e. The molecular formula is C27H37N5. The molecule has 0 unspecified atom stereocenters. The SMILES string of the molecule is CCCc1cc(CNCCN2CCN(c3ccc(C)cc3C)CC2)nn1-c1ccccc1. The fourth-order valence-electron chi connectivity index (χ4n) is 4.61. The minimum atomic E-state index is 0.819. The Kier molecular flexibility index (Phi) is 7.61. The molecule has 1 aliphatic heterocycles. The van der Waals surface area contributed by atoms with Crippen molar-refractivity contribution in [2.24, 2.45) is 0 Å². The molecule has 1 N–H and O–H groups in total. The number of anilines is 1. The van der Waals surface area contributed by atoms with Crippen molar-refractivity contribution in [2.45, 2.75) is 40.2 Å². The quantitative estimate of drug-likeness (QED) is 0.511. The predicted molar refractivity (Wildman–Crippen MR) is 134 cm³/mol. The highest BCUT2D eigenvalue weighted by atomic mass is 15.3. The summed E-state index contributed by atoms with van der Waals surface area (Å²) in [6, 6.07) is 19.5. The van der Waals surface area contributed by atoms with E-state index in [1.807, 2.05) is 0 Å². The Morgan fingerprint density at radius 2 is 1.72 bits per heavy atom. The third-order valence-corrected chi connectivity index (χ3v) is 6.32. The number of hydrogen-bond donors (Lipinski definition) is 1. The summed E-state index contributed by atoms with van der Waals surface area (Å²) in [7, 11) is 0. The number of piperazine rings is 1. The van der Waals surface area contributed by atoms with E-state index in [-0.39, 0.29) is 0 Å². The van der Waals surface area contributed by atoms with Gasteiger partial charge in [-0.15, -0.1) is 0 Å². The molecule has 3 aromatic rings. The topological polar surface area (TPSA) is 36.3 Å². The summed E-state index contributed by atoms with van der Waals surface area (Å²) >= 11 is 0. The largest absolute Gasteiger partial charge is 0.369 e. The first kappa shape index (κ1) is 22.6. The molecule has 170 valence electrons. The van der Waals surface area contributed by atoms with Gasteiger partial charge >= 0.3 is 0 Å². The molecule has 0 amide bonds. The van der Waals surface area contributed by atoms with Crippen LogP contribution < -0.4 is 10.2 Å². The van der Waals surface area contributed by atoms with Crippen molar-refractivity contribution < 1.29 is 0 Å². The fraction of sp³-hybridized carbons (Fsp3) is 0.444. The van der Waals surface area contributed by atoms with Crippen LogP contribution in [0.15, 0.2) is 54.6 Å².